The van der Waals surface area contributed by atoms with Gasteiger partial charge < -0.3 is 10.1 Å². The minimum atomic E-state index is 0.00564. The van der Waals surface area contributed by atoms with Crippen molar-refractivity contribution >= 4 is 11.8 Å². The van der Waals surface area contributed by atoms with Crippen molar-refractivity contribution in [3.05, 3.63) is 30.3 Å². The van der Waals surface area contributed by atoms with E-state index in [0.717, 1.165) is 58.1 Å². The molecule has 1 aromatic rings. The fourth-order valence-corrected chi connectivity index (χ4v) is 3.17. The molecule has 1 saturated heterocycles. The molecular weight excluding hydrogens is 282 g/mol. The molecule has 0 amide bonds. The van der Waals surface area contributed by atoms with Crippen molar-refractivity contribution in [1.82, 2.24) is 16.0 Å². The van der Waals surface area contributed by atoms with E-state index >= 15 is 0 Å². The van der Waals surface area contributed by atoms with Gasteiger partial charge in [-0.25, -0.2) is 0 Å². The Morgan fingerprint density at radius 2 is 1.95 bits per heavy atom. The Labute approximate surface area is 132 Å². The fraction of sp³-hybridized carbons (Fsp3) is 0.625. The highest BCUT2D eigenvalue weighted by molar-refractivity contribution is 7.99. The Kier molecular flexibility index (Phi) is 8.14. The highest BCUT2D eigenvalue weighted by Crippen LogP contribution is 2.18. The summed E-state index contributed by atoms with van der Waals surface area (Å²) in [6.45, 7) is 6.88. The third-order valence-electron chi connectivity index (χ3n) is 3.57. The number of nitrogens with one attached hydrogen (secondary N) is 2. The van der Waals surface area contributed by atoms with Crippen molar-refractivity contribution in [3.8, 4) is 0 Å². The van der Waals surface area contributed by atoms with Gasteiger partial charge in [0.25, 0.3) is 0 Å². The maximum Gasteiger partial charge on any atom is 0.0594 e. The van der Waals surface area contributed by atoms with E-state index in [1.54, 1.807) is 11.8 Å². The van der Waals surface area contributed by atoms with Crippen LogP contribution in [-0.2, 0) is 4.74 Å². The van der Waals surface area contributed by atoms with Crippen LogP contribution >= 0.6 is 11.8 Å². The summed E-state index contributed by atoms with van der Waals surface area (Å²) >= 11 is 1.78. The van der Waals surface area contributed by atoms with Crippen LogP contribution in [-0.4, -0.2) is 62.6 Å². The summed E-state index contributed by atoms with van der Waals surface area (Å²) in [6.07, 6.45) is 0.920. The minimum Gasteiger partial charge on any atom is -0.379 e. The Balaban J connectivity index is 1.46. The number of rotatable bonds is 9. The maximum atomic E-state index is 8.06. The van der Waals surface area contributed by atoms with Gasteiger partial charge in [0.1, 0.15) is 0 Å². The second kappa shape index (κ2) is 10.2. The zero-order valence-corrected chi connectivity index (χ0v) is 13.4. The lowest BCUT2D eigenvalue weighted by Crippen LogP contribution is -2.40. The molecule has 0 aliphatic carbocycles. The van der Waals surface area contributed by atoms with Crippen LogP contribution in [0.15, 0.2) is 35.2 Å². The lowest BCUT2D eigenvalue weighted by Gasteiger charge is -2.26. The molecule has 21 heavy (non-hydrogen) atoms. The first-order valence-corrected chi connectivity index (χ1v) is 8.73. The Hall–Kier alpha value is -0.590. The average Bonchev–Trinajstić information content (AvgIpc) is 2.54. The van der Waals surface area contributed by atoms with E-state index < -0.39 is 0 Å². The molecule has 1 aromatic carbocycles. The lowest BCUT2D eigenvalue weighted by molar-refractivity contribution is 0.0384. The van der Waals surface area contributed by atoms with Gasteiger partial charge >= 0.3 is 0 Å². The van der Waals surface area contributed by atoms with E-state index in [1.807, 2.05) is 6.07 Å². The molecule has 1 radical (unpaired) electrons. The molecule has 0 saturated carbocycles. The van der Waals surface area contributed by atoms with Gasteiger partial charge in [-0.3, -0.25) is 10.6 Å². The van der Waals surface area contributed by atoms with Crippen LogP contribution < -0.4 is 11.1 Å². The van der Waals surface area contributed by atoms with Crippen molar-refractivity contribution in [3.63, 3.8) is 0 Å². The van der Waals surface area contributed by atoms with Crippen molar-refractivity contribution in [1.29, 1.82) is 0 Å². The quantitative estimate of drug-likeness (QED) is 0.558. The lowest BCUT2D eigenvalue weighted by atomic mass is 10.2. The first-order chi connectivity index (χ1) is 10.3. The zero-order valence-electron chi connectivity index (χ0n) is 12.6. The first kappa shape index (κ1) is 16.8. The number of hydrogen-bond acceptors (Lipinski definition) is 4. The monoisotopic (exact) mass is 308 g/mol. The molecule has 1 aliphatic rings. The summed E-state index contributed by atoms with van der Waals surface area (Å²) < 4.78 is 5.33. The van der Waals surface area contributed by atoms with E-state index in [9.17, 15) is 0 Å². The normalized spacial score (nSPS) is 17.8. The second-order valence-corrected chi connectivity index (χ2v) is 6.41. The number of ether oxygens (including phenoxy) is 1. The molecule has 4 nitrogen and oxygen atoms in total. The molecular formula is C16H26N3OS. The molecule has 0 bridgehead atoms. The third kappa shape index (κ3) is 7.29. The molecule has 1 fully saturated rings. The summed E-state index contributed by atoms with van der Waals surface area (Å²) in [7, 11) is 0. The summed E-state index contributed by atoms with van der Waals surface area (Å²) in [4.78, 5) is 3.69. The standard InChI is InChI=1S/C16H26N3OS/c17-15(14-21-16-4-2-1-3-5-16)6-7-18-8-9-19-10-12-20-13-11-19/h1-5,15,17-18H,6-14H2/t15-/m1/s1. The van der Waals surface area contributed by atoms with Gasteiger partial charge in [-0.1, -0.05) is 18.2 Å². The molecule has 5 heteroatoms. The number of thioether (sulfide) groups is 1. The molecule has 0 aromatic heterocycles. The van der Waals surface area contributed by atoms with Crippen LogP contribution in [0.3, 0.4) is 0 Å². The average molecular weight is 308 g/mol. The Morgan fingerprint density at radius 1 is 1.19 bits per heavy atom. The highest BCUT2D eigenvalue weighted by Gasteiger charge is 2.09. The van der Waals surface area contributed by atoms with Crippen molar-refractivity contribution < 1.29 is 4.74 Å². The highest BCUT2D eigenvalue weighted by atomic mass is 32.2. The van der Waals surface area contributed by atoms with Crippen LogP contribution in [0.4, 0.5) is 0 Å². The molecule has 117 valence electrons. The van der Waals surface area contributed by atoms with Gasteiger partial charge in [0.15, 0.2) is 0 Å². The van der Waals surface area contributed by atoms with Crippen LogP contribution in [0.2, 0.25) is 0 Å². The van der Waals surface area contributed by atoms with Crippen molar-refractivity contribution in [2.75, 3.05) is 51.7 Å². The predicted octanol–water partition coefficient (Wildman–Crippen LogP) is 1.74. The Bertz CT molecular complexity index is 371. The van der Waals surface area contributed by atoms with E-state index in [-0.39, 0.29) is 6.04 Å². The van der Waals surface area contributed by atoms with Gasteiger partial charge in [-0.15, -0.1) is 11.8 Å². The molecule has 0 spiro atoms. The van der Waals surface area contributed by atoms with E-state index in [4.69, 9.17) is 10.5 Å². The molecule has 1 atom stereocenters. The zero-order chi connectivity index (χ0) is 14.8. The van der Waals surface area contributed by atoms with Crippen LogP contribution in [0.25, 0.3) is 0 Å². The third-order valence-corrected chi connectivity index (χ3v) is 4.75. The van der Waals surface area contributed by atoms with Crippen molar-refractivity contribution in [2.45, 2.75) is 17.4 Å². The molecule has 1 heterocycles. The topological polar surface area (TPSA) is 48.3 Å². The molecule has 1 aliphatic heterocycles. The van der Waals surface area contributed by atoms with E-state index in [1.165, 1.54) is 4.90 Å². The first-order valence-electron chi connectivity index (χ1n) is 7.74. The largest absolute Gasteiger partial charge is 0.379 e. The number of nitrogens with zero attached hydrogens (tertiary/aromatic N) is 1. The maximum absolute atomic E-state index is 8.06. The van der Waals surface area contributed by atoms with Crippen LogP contribution in [0.1, 0.15) is 6.42 Å². The molecule has 0 unspecified atom stereocenters. The summed E-state index contributed by atoms with van der Waals surface area (Å²) in [5, 5.41) is 3.45. The number of benzene rings is 1. The Morgan fingerprint density at radius 3 is 2.71 bits per heavy atom. The molecule has 2 rings (SSSR count). The predicted molar refractivity (Wildman–Crippen MR) is 88.8 cm³/mol. The van der Waals surface area contributed by atoms with Gasteiger partial charge in [-0.2, -0.15) is 0 Å². The summed E-state index contributed by atoms with van der Waals surface area (Å²) in [6, 6.07) is 10.4. The summed E-state index contributed by atoms with van der Waals surface area (Å²) in [5.41, 5.74) is 8.06. The van der Waals surface area contributed by atoms with Crippen LogP contribution in [0, 0.1) is 0 Å². The van der Waals surface area contributed by atoms with Gasteiger partial charge in [0.05, 0.1) is 13.2 Å². The van der Waals surface area contributed by atoms with Crippen molar-refractivity contribution in [2.24, 2.45) is 0 Å². The van der Waals surface area contributed by atoms with Gasteiger partial charge in [0, 0.05) is 42.9 Å². The van der Waals surface area contributed by atoms with Gasteiger partial charge in [0.2, 0.25) is 0 Å². The fourth-order valence-electron chi connectivity index (χ4n) is 2.26. The number of morpholine rings is 1. The van der Waals surface area contributed by atoms with Crippen LogP contribution in [0.5, 0.6) is 0 Å². The SMILES string of the molecule is [NH][C@H](CCNCCN1CCOCC1)CSc1ccccc1. The summed E-state index contributed by atoms with van der Waals surface area (Å²) in [5.74, 6) is 0.870. The minimum absolute atomic E-state index is 0.00564. The van der Waals surface area contributed by atoms with E-state index in [0.29, 0.717) is 0 Å². The van der Waals surface area contributed by atoms with Gasteiger partial charge in [-0.05, 0) is 25.1 Å². The van der Waals surface area contributed by atoms with E-state index in [2.05, 4.69) is 34.5 Å². The second-order valence-electron chi connectivity index (χ2n) is 5.31. The smallest absolute Gasteiger partial charge is 0.0594 e. The molecule has 2 N–H and O–H groups in total. The number of hydrogen-bond donors (Lipinski definition) is 1.